The van der Waals surface area contributed by atoms with Crippen molar-refractivity contribution in [2.45, 2.75) is 6.61 Å². The molecule has 0 saturated carbocycles. The Kier molecular flexibility index (Phi) is 4.70. The first-order valence-corrected chi connectivity index (χ1v) is 9.62. The van der Waals surface area contributed by atoms with Crippen molar-refractivity contribution in [1.29, 1.82) is 5.26 Å². The monoisotopic (exact) mass is 420 g/mol. The Bertz CT molecular complexity index is 1100. The Morgan fingerprint density at radius 2 is 1.85 bits per heavy atom. The van der Waals surface area contributed by atoms with Gasteiger partial charge in [-0.1, -0.05) is 46.3 Å². The fraction of sp³-hybridized carbons (Fsp3) is 0.0476. The maximum atomic E-state index is 9.25. The van der Waals surface area contributed by atoms with E-state index >= 15 is 0 Å². The summed E-state index contributed by atoms with van der Waals surface area (Å²) >= 11 is 5.17. The molecule has 0 atom stereocenters. The van der Waals surface area contributed by atoms with Gasteiger partial charge in [0, 0.05) is 10.0 Å². The van der Waals surface area contributed by atoms with Gasteiger partial charge in [-0.15, -0.1) is 11.3 Å². The molecule has 126 valence electrons. The molecule has 0 amide bonds. The third-order valence-corrected chi connectivity index (χ3v) is 5.55. The molecule has 0 aliphatic heterocycles. The van der Waals surface area contributed by atoms with E-state index in [4.69, 9.17) is 9.72 Å². The fourth-order valence-corrected chi connectivity index (χ4v) is 4.04. The molecule has 0 saturated heterocycles. The average molecular weight is 421 g/mol. The predicted octanol–water partition coefficient (Wildman–Crippen LogP) is 6.18. The van der Waals surface area contributed by atoms with Crippen molar-refractivity contribution in [3.8, 4) is 22.4 Å². The van der Waals surface area contributed by atoms with E-state index in [1.165, 1.54) is 0 Å². The van der Waals surface area contributed by atoms with Crippen LogP contribution in [0.1, 0.15) is 11.1 Å². The summed E-state index contributed by atoms with van der Waals surface area (Å²) in [5.74, 6) is 0.750. The van der Waals surface area contributed by atoms with Crippen LogP contribution in [0.25, 0.3) is 20.8 Å². The van der Waals surface area contributed by atoms with Crippen LogP contribution < -0.4 is 4.74 Å². The summed E-state index contributed by atoms with van der Waals surface area (Å²) in [5.41, 5.74) is 3.42. The molecule has 0 fully saturated rings. The minimum Gasteiger partial charge on any atom is -0.488 e. The molecule has 1 heterocycles. The number of hydrogen-bond acceptors (Lipinski definition) is 4. The van der Waals surface area contributed by atoms with Gasteiger partial charge in [0.2, 0.25) is 0 Å². The van der Waals surface area contributed by atoms with Crippen molar-refractivity contribution >= 4 is 37.5 Å². The number of thiazole rings is 1. The SMILES string of the molecule is N#Cc1ccccc1COc1ccc(Br)cc1-c1nc2ccccc2s1. The first-order valence-electron chi connectivity index (χ1n) is 8.01. The molecule has 0 unspecified atom stereocenters. The standard InChI is InChI=1S/C21H13BrN2OS/c22-16-9-10-19(25-13-15-6-2-1-5-14(15)12-23)17(11-16)21-24-18-7-3-4-8-20(18)26-21/h1-11H,13H2. The van der Waals surface area contributed by atoms with E-state index in [9.17, 15) is 5.26 Å². The molecule has 0 N–H and O–H groups in total. The van der Waals surface area contributed by atoms with E-state index in [1.807, 2.05) is 54.6 Å². The lowest BCUT2D eigenvalue weighted by molar-refractivity contribution is 0.307. The number of fused-ring (bicyclic) bond motifs is 1. The Balaban J connectivity index is 1.70. The number of benzene rings is 3. The van der Waals surface area contributed by atoms with Crippen LogP contribution in [0.15, 0.2) is 71.2 Å². The molecule has 0 spiro atoms. The first-order chi connectivity index (χ1) is 12.7. The number of nitrogens with zero attached hydrogens (tertiary/aromatic N) is 2. The molecule has 0 bridgehead atoms. The zero-order valence-corrected chi connectivity index (χ0v) is 16.0. The highest BCUT2D eigenvalue weighted by Crippen LogP contribution is 2.37. The number of para-hydroxylation sites is 1. The number of aromatic nitrogens is 1. The molecule has 0 radical (unpaired) electrons. The Morgan fingerprint density at radius 1 is 1.04 bits per heavy atom. The number of nitriles is 1. The van der Waals surface area contributed by atoms with E-state index in [1.54, 1.807) is 17.4 Å². The zero-order chi connectivity index (χ0) is 17.9. The Labute approximate surface area is 163 Å². The number of hydrogen-bond donors (Lipinski definition) is 0. The van der Waals surface area contributed by atoms with Gasteiger partial charge in [-0.05, 0) is 36.4 Å². The van der Waals surface area contributed by atoms with E-state index in [0.717, 1.165) is 36.6 Å². The molecule has 1 aromatic heterocycles. The second-order valence-corrected chi connectivity index (χ2v) is 7.63. The maximum Gasteiger partial charge on any atom is 0.130 e. The highest BCUT2D eigenvalue weighted by molar-refractivity contribution is 9.10. The first kappa shape index (κ1) is 16.8. The highest BCUT2D eigenvalue weighted by atomic mass is 79.9. The average Bonchev–Trinajstić information content (AvgIpc) is 3.11. The van der Waals surface area contributed by atoms with Crippen molar-refractivity contribution < 1.29 is 4.74 Å². The molecule has 4 aromatic rings. The van der Waals surface area contributed by atoms with Crippen LogP contribution in [-0.4, -0.2) is 4.98 Å². The normalized spacial score (nSPS) is 10.6. The summed E-state index contributed by atoms with van der Waals surface area (Å²) in [5, 5.41) is 10.2. The predicted molar refractivity (Wildman–Crippen MR) is 108 cm³/mol. The molecule has 4 rings (SSSR count). The molecule has 0 aliphatic carbocycles. The smallest absolute Gasteiger partial charge is 0.130 e. The second-order valence-electron chi connectivity index (χ2n) is 5.68. The largest absolute Gasteiger partial charge is 0.488 e. The summed E-state index contributed by atoms with van der Waals surface area (Å²) in [6.07, 6.45) is 0. The Hall–Kier alpha value is -2.68. The molecular formula is C21H13BrN2OS. The van der Waals surface area contributed by atoms with Gasteiger partial charge in [0.05, 0.1) is 27.4 Å². The minimum atomic E-state index is 0.337. The van der Waals surface area contributed by atoms with Gasteiger partial charge in [0.1, 0.15) is 17.4 Å². The molecule has 3 aromatic carbocycles. The minimum absolute atomic E-state index is 0.337. The van der Waals surface area contributed by atoms with E-state index < -0.39 is 0 Å². The maximum absolute atomic E-state index is 9.25. The number of ether oxygens (including phenoxy) is 1. The van der Waals surface area contributed by atoms with Crippen LogP contribution in [0.5, 0.6) is 5.75 Å². The van der Waals surface area contributed by atoms with Crippen molar-refractivity contribution in [3.63, 3.8) is 0 Å². The molecule has 3 nitrogen and oxygen atoms in total. The quantitative estimate of drug-likeness (QED) is 0.396. The summed E-state index contributed by atoms with van der Waals surface area (Å²) in [6.45, 7) is 0.337. The van der Waals surface area contributed by atoms with E-state index in [-0.39, 0.29) is 0 Å². The van der Waals surface area contributed by atoms with Crippen LogP contribution in [0.3, 0.4) is 0 Å². The lowest BCUT2D eigenvalue weighted by atomic mass is 10.1. The Morgan fingerprint density at radius 3 is 2.69 bits per heavy atom. The van der Waals surface area contributed by atoms with Crippen molar-refractivity contribution in [2.75, 3.05) is 0 Å². The molecule has 5 heteroatoms. The van der Waals surface area contributed by atoms with Crippen LogP contribution in [0.4, 0.5) is 0 Å². The van der Waals surface area contributed by atoms with Gasteiger partial charge in [0.15, 0.2) is 0 Å². The van der Waals surface area contributed by atoms with Gasteiger partial charge in [-0.3, -0.25) is 0 Å². The summed E-state index contributed by atoms with van der Waals surface area (Å²) < 4.78 is 8.18. The van der Waals surface area contributed by atoms with Crippen LogP contribution >= 0.6 is 27.3 Å². The van der Waals surface area contributed by atoms with Gasteiger partial charge in [0.25, 0.3) is 0 Å². The molecule has 26 heavy (non-hydrogen) atoms. The topological polar surface area (TPSA) is 45.9 Å². The van der Waals surface area contributed by atoms with E-state index in [0.29, 0.717) is 12.2 Å². The van der Waals surface area contributed by atoms with Crippen molar-refractivity contribution in [1.82, 2.24) is 4.98 Å². The highest BCUT2D eigenvalue weighted by Gasteiger charge is 2.13. The third-order valence-electron chi connectivity index (χ3n) is 3.99. The number of rotatable bonds is 4. The molecular weight excluding hydrogens is 408 g/mol. The van der Waals surface area contributed by atoms with E-state index in [2.05, 4.69) is 28.1 Å². The molecule has 0 aliphatic rings. The summed E-state index contributed by atoms with van der Waals surface area (Å²) in [6, 6.07) is 23.7. The zero-order valence-electron chi connectivity index (χ0n) is 13.6. The van der Waals surface area contributed by atoms with Gasteiger partial charge < -0.3 is 4.74 Å². The second kappa shape index (κ2) is 7.28. The van der Waals surface area contributed by atoms with Crippen LogP contribution in [-0.2, 0) is 6.61 Å². The third kappa shape index (κ3) is 3.34. The van der Waals surface area contributed by atoms with Gasteiger partial charge >= 0.3 is 0 Å². The lowest BCUT2D eigenvalue weighted by Crippen LogP contribution is -1.99. The van der Waals surface area contributed by atoms with Crippen molar-refractivity contribution in [3.05, 3.63) is 82.3 Å². The van der Waals surface area contributed by atoms with Crippen LogP contribution in [0.2, 0.25) is 0 Å². The van der Waals surface area contributed by atoms with Gasteiger partial charge in [-0.25, -0.2) is 4.98 Å². The van der Waals surface area contributed by atoms with Crippen LogP contribution in [0, 0.1) is 11.3 Å². The van der Waals surface area contributed by atoms with Gasteiger partial charge in [-0.2, -0.15) is 5.26 Å². The number of halogens is 1. The van der Waals surface area contributed by atoms with Crippen molar-refractivity contribution in [2.24, 2.45) is 0 Å². The lowest BCUT2D eigenvalue weighted by Gasteiger charge is -2.11. The fourth-order valence-electron chi connectivity index (χ4n) is 2.69. The summed E-state index contributed by atoms with van der Waals surface area (Å²) in [7, 11) is 0. The summed E-state index contributed by atoms with van der Waals surface area (Å²) in [4.78, 5) is 4.74.